The zero-order chi connectivity index (χ0) is 14.4. The van der Waals surface area contributed by atoms with E-state index >= 15 is 0 Å². The average molecular weight is 294 g/mol. The highest BCUT2D eigenvalue weighted by Crippen LogP contribution is 2.32. The van der Waals surface area contributed by atoms with Crippen LogP contribution in [-0.2, 0) is 11.2 Å². The van der Waals surface area contributed by atoms with Crippen LogP contribution in [0.25, 0.3) is 0 Å². The Morgan fingerprint density at radius 3 is 2.60 bits per heavy atom. The maximum atomic E-state index is 11.5. The topological polar surface area (TPSA) is 57.5 Å². The third-order valence-electron chi connectivity index (χ3n) is 3.80. The molecule has 0 saturated heterocycles. The van der Waals surface area contributed by atoms with Gasteiger partial charge in [0, 0.05) is 5.25 Å². The third kappa shape index (κ3) is 4.53. The molecule has 4 heteroatoms. The van der Waals surface area contributed by atoms with E-state index in [1.807, 2.05) is 30.3 Å². The van der Waals surface area contributed by atoms with Crippen molar-refractivity contribution in [3.05, 3.63) is 35.9 Å². The largest absolute Gasteiger partial charge is 0.480 e. The van der Waals surface area contributed by atoms with E-state index in [0.717, 1.165) is 37.7 Å². The summed E-state index contributed by atoms with van der Waals surface area (Å²) < 4.78 is 0. The summed E-state index contributed by atoms with van der Waals surface area (Å²) in [5.41, 5.74) is 1.04. The number of carboxylic acid groups (broad SMARTS) is 1. The summed E-state index contributed by atoms with van der Waals surface area (Å²) in [6.45, 7) is 0. The van der Waals surface area contributed by atoms with Gasteiger partial charge >= 0.3 is 5.97 Å². The average Bonchev–Trinajstić information content (AvgIpc) is 2.64. The van der Waals surface area contributed by atoms with Crippen molar-refractivity contribution in [3.63, 3.8) is 0 Å². The Bertz CT molecular complexity index is 421. The molecule has 2 rings (SSSR count). The maximum absolute atomic E-state index is 11.5. The number of thioether (sulfide) groups is 1. The fourth-order valence-corrected chi connectivity index (χ4v) is 4.09. The summed E-state index contributed by atoms with van der Waals surface area (Å²) in [5.74, 6) is -0.782. The lowest BCUT2D eigenvalue weighted by Gasteiger charge is -2.23. The Labute approximate surface area is 124 Å². The molecule has 1 fully saturated rings. The van der Waals surface area contributed by atoms with Crippen molar-refractivity contribution in [1.29, 1.82) is 0 Å². The van der Waals surface area contributed by atoms with Gasteiger partial charge < -0.3 is 10.2 Å². The lowest BCUT2D eigenvalue weighted by Crippen LogP contribution is -2.29. The van der Waals surface area contributed by atoms with E-state index in [4.69, 9.17) is 0 Å². The molecule has 3 unspecified atom stereocenters. The van der Waals surface area contributed by atoms with Crippen molar-refractivity contribution in [3.8, 4) is 0 Å². The zero-order valence-corrected chi connectivity index (χ0v) is 12.4. The molecule has 20 heavy (non-hydrogen) atoms. The SMILES string of the molecule is O=C(O)C(Cc1ccccc1)SC1CCCCCC1O. The minimum atomic E-state index is -0.782. The van der Waals surface area contributed by atoms with E-state index in [1.165, 1.54) is 11.8 Å². The van der Waals surface area contributed by atoms with Crippen LogP contribution in [0.15, 0.2) is 30.3 Å². The number of carboxylic acids is 1. The number of hydrogen-bond acceptors (Lipinski definition) is 3. The molecule has 0 spiro atoms. The predicted octanol–water partition coefficient (Wildman–Crippen LogP) is 3.11. The van der Waals surface area contributed by atoms with Crippen molar-refractivity contribution < 1.29 is 15.0 Å². The highest BCUT2D eigenvalue weighted by Gasteiger charge is 2.28. The Hall–Kier alpha value is -1.00. The summed E-state index contributed by atoms with van der Waals surface area (Å²) in [5, 5.41) is 19.1. The first-order valence-corrected chi connectivity index (χ1v) is 8.21. The molecule has 110 valence electrons. The number of aliphatic carboxylic acids is 1. The van der Waals surface area contributed by atoms with E-state index in [2.05, 4.69) is 0 Å². The molecule has 1 aliphatic carbocycles. The number of rotatable bonds is 5. The first-order chi connectivity index (χ1) is 9.66. The van der Waals surface area contributed by atoms with Crippen LogP contribution >= 0.6 is 11.8 Å². The molecule has 0 aliphatic heterocycles. The first kappa shape index (κ1) is 15.4. The molecule has 2 N–H and O–H groups in total. The third-order valence-corrected chi connectivity index (χ3v) is 5.39. The second-order valence-electron chi connectivity index (χ2n) is 5.40. The molecule has 0 radical (unpaired) electrons. The van der Waals surface area contributed by atoms with Gasteiger partial charge in [-0.05, 0) is 24.8 Å². The van der Waals surface area contributed by atoms with Gasteiger partial charge in [0.05, 0.1) is 6.10 Å². The molecule has 0 heterocycles. The van der Waals surface area contributed by atoms with Gasteiger partial charge in [0.2, 0.25) is 0 Å². The fourth-order valence-electron chi connectivity index (χ4n) is 2.65. The van der Waals surface area contributed by atoms with E-state index in [-0.39, 0.29) is 11.4 Å². The Kier molecular flexibility index (Phi) is 5.92. The van der Waals surface area contributed by atoms with Gasteiger partial charge in [-0.25, -0.2) is 0 Å². The molecule has 1 aromatic rings. The molecule has 3 atom stereocenters. The molecule has 0 amide bonds. The van der Waals surface area contributed by atoms with Crippen LogP contribution in [0, 0.1) is 0 Å². The Morgan fingerprint density at radius 2 is 1.90 bits per heavy atom. The summed E-state index contributed by atoms with van der Waals surface area (Å²) >= 11 is 1.44. The quantitative estimate of drug-likeness (QED) is 0.819. The summed E-state index contributed by atoms with van der Waals surface area (Å²) in [7, 11) is 0. The predicted molar refractivity (Wildman–Crippen MR) is 82.0 cm³/mol. The molecule has 0 aromatic heterocycles. The second kappa shape index (κ2) is 7.70. The molecule has 1 aliphatic rings. The molecular weight excluding hydrogens is 272 g/mol. The van der Waals surface area contributed by atoms with Gasteiger partial charge in [-0.2, -0.15) is 0 Å². The summed E-state index contributed by atoms with van der Waals surface area (Å²) in [4.78, 5) is 11.5. The van der Waals surface area contributed by atoms with Gasteiger partial charge in [-0.15, -0.1) is 11.8 Å². The number of aliphatic hydroxyl groups excluding tert-OH is 1. The van der Waals surface area contributed by atoms with Gasteiger partial charge in [-0.3, -0.25) is 4.79 Å². The van der Waals surface area contributed by atoms with Crippen LogP contribution in [0.5, 0.6) is 0 Å². The fraction of sp³-hybridized carbons (Fsp3) is 0.562. The molecular formula is C16H22O3S. The van der Waals surface area contributed by atoms with E-state index < -0.39 is 11.2 Å². The smallest absolute Gasteiger partial charge is 0.316 e. The van der Waals surface area contributed by atoms with Crippen LogP contribution in [0.2, 0.25) is 0 Å². The van der Waals surface area contributed by atoms with Crippen molar-refractivity contribution in [2.45, 2.75) is 55.1 Å². The van der Waals surface area contributed by atoms with Gasteiger partial charge in [-0.1, -0.05) is 49.6 Å². The monoisotopic (exact) mass is 294 g/mol. The standard InChI is InChI=1S/C16H22O3S/c17-13-9-5-2-6-10-14(13)20-15(16(18)19)11-12-7-3-1-4-8-12/h1,3-4,7-8,13-15,17H,2,5-6,9-11H2,(H,18,19). The Morgan fingerprint density at radius 1 is 1.20 bits per heavy atom. The van der Waals surface area contributed by atoms with E-state index in [1.54, 1.807) is 0 Å². The summed E-state index contributed by atoms with van der Waals surface area (Å²) in [6.07, 6.45) is 5.16. The molecule has 1 saturated carbocycles. The van der Waals surface area contributed by atoms with Crippen LogP contribution in [-0.4, -0.2) is 32.8 Å². The van der Waals surface area contributed by atoms with Crippen molar-refractivity contribution >= 4 is 17.7 Å². The summed E-state index contributed by atoms with van der Waals surface area (Å²) in [6, 6.07) is 9.71. The van der Waals surface area contributed by atoms with Crippen LogP contribution in [0.3, 0.4) is 0 Å². The highest BCUT2D eigenvalue weighted by atomic mass is 32.2. The normalized spacial score (nSPS) is 24.9. The number of benzene rings is 1. The van der Waals surface area contributed by atoms with E-state index in [9.17, 15) is 15.0 Å². The lowest BCUT2D eigenvalue weighted by molar-refractivity contribution is -0.136. The van der Waals surface area contributed by atoms with Crippen LogP contribution < -0.4 is 0 Å². The van der Waals surface area contributed by atoms with Crippen LogP contribution in [0.4, 0.5) is 0 Å². The Balaban J connectivity index is 1.99. The van der Waals surface area contributed by atoms with E-state index in [0.29, 0.717) is 6.42 Å². The minimum absolute atomic E-state index is 0.0577. The molecule has 1 aromatic carbocycles. The minimum Gasteiger partial charge on any atom is -0.480 e. The number of hydrogen-bond donors (Lipinski definition) is 2. The van der Waals surface area contributed by atoms with Gasteiger partial charge in [0.1, 0.15) is 5.25 Å². The maximum Gasteiger partial charge on any atom is 0.316 e. The first-order valence-electron chi connectivity index (χ1n) is 7.27. The van der Waals surface area contributed by atoms with Crippen molar-refractivity contribution in [2.24, 2.45) is 0 Å². The number of carbonyl (C=O) groups is 1. The number of aliphatic hydroxyl groups is 1. The van der Waals surface area contributed by atoms with Gasteiger partial charge in [0.25, 0.3) is 0 Å². The second-order valence-corrected chi connectivity index (χ2v) is 6.84. The molecule has 3 nitrogen and oxygen atoms in total. The zero-order valence-electron chi connectivity index (χ0n) is 11.6. The molecule has 0 bridgehead atoms. The lowest BCUT2D eigenvalue weighted by atomic mass is 10.1. The highest BCUT2D eigenvalue weighted by molar-refractivity contribution is 8.01. The van der Waals surface area contributed by atoms with Crippen molar-refractivity contribution in [1.82, 2.24) is 0 Å². The van der Waals surface area contributed by atoms with Crippen molar-refractivity contribution in [2.75, 3.05) is 0 Å². The van der Waals surface area contributed by atoms with Gasteiger partial charge in [0.15, 0.2) is 0 Å². The van der Waals surface area contributed by atoms with Crippen LogP contribution in [0.1, 0.15) is 37.7 Å².